The topological polar surface area (TPSA) is 60.8 Å². The van der Waals surface area contributed by atoms with Crippen LogP contribution in [0.2, 0.25) is 0 Å². The van der Waals surface area contributed by atoms with Crippen LogP contribution in [0.25, 0.3) is 0 Å². The molecule has 0 spiro atoms. The average molecular weight is 332 g/mol. The molecule has 3 aromatic rings. The molecular formula is C20H16N2O3. The number of benzene rings is 2. The Morgan fingerprint density at radius 3 is 2.36 bits per heavy atom. The monoisotopic (exact) mass is 332 g/mol. The molecule has 5 heteroatoms. The van der Waals surface area contributed by atoms with Crippen molar-refractivity contribution in [3.63, 3.8) is 0 Å². The van der Waals surface area contributed by atoms with E-state index < -0.39 is 5.97 Å². The van der Waals surface area contributed by atoms with Gasteiger partial charge in [0.1, 0.15) is 11.5 Å². The Bertz CT molecular complexity index is 858. The molecule has 0 N–H and O–H groups in total. The van der Waals surface area contributed by atoms with Crippen LogP contribution in [0.15, 0.2) is 78.0 Å². The molecule has 0 aliphatic carbocycles. The van der Waals surface area contributed by atoms with Crippen molar-refractivity contribution in [3.8, 4) is 11.5 Å². The molecule has 0 bridgehead atoms. The van der Waals surface area contributed by atoms with E-state index in [1.54, 1.807) is 74.2 Å². The summed E-state index contributed by atoms with van der Waals surface area (Å²) in [7, 11) is 1.58. The fourth-order valence-electron chi connectivity index (χ4n) is 2.09. The molecule has 0 amide bonds. The normalized spacial score (nSPS) is 10.6. The first kappa shape index (κ1) is 16.4. The van der Waals surface area contributed by atoms with Gasteiger partial charge in [-0.1, -0.05) is 6.07 Å². The van der Waals surface area contributed by atoms with Crippen LogP contribution in [-0.2, 0) is 0 Å². The third-order valence-corrected chi connectivity index (χ3v) is 3.42. The predicted molar refractivity (Wildman–Crippen MR) is 95.9 cm³/mol. The van der Waals surface area contributed by atoms with Gasteiger partial charge in [0.15, 0.2) is 0 Å². The van der Waals surface area contributed by atoms with E-state index in [-0.39, 0.29) is 0 Å². The van der Waals surface area contributed by atoms with E-state index in [0.717, 1.165) is 11.3 Å². The van der Waals surface area contributed by atoms with E-state index in [1.807, 2.05) is 12.1 Å². The molecule has 1 aromatic heterocycles. The van der Waals surface area contributed by atoms with Crippen molar-refractivity contribution in [2.75, 3.05) is 7.11 Å². The van der Waals surface area contributed by atoms with Crippen molar-refractivity contribution in [2.45, 2.75) is 0 Å². The number of hydrogen-bond acceptors (Lipinski definition) is 5. The lowest BCUT2D eigenvalue weighted by molar-refractivity contribution is 0.0734. The number of pyridine rings is 1. The largest absolute Gasteiger partial charge is 0.497 e. The van der Waals surface area contributed by atoms with Crippen molar-refractivity contribution in [3.05, 3.63) is 84.2 Å². The van der Waals surface area contributed by atoms with E-state index in [1.165, 1.54) is 0 Å². The smallest absolute Gasteiger partial charge is 0.343 e. The summed E-state index contributed by atoms with van der Waals surface area (Å²) >= 11 is 0. The molecule has 3 rings (SSSR count). The zero-order valence-corrected chi connectivity index (χ0v) is 13.6. The maximum absolute atomic E-state index is 12.1. The molecule has 0 radical (unpaired) electrons. The molecule has 0 saturated heterocycles. The van der Waals surface area contributed by atoms with Gasteiger partial charge in [-0.3, -0.25) is 9.98 Å². The molecule has 2 aromatic carbocycles. The van der Waals surface area contributed by atoms with Crippen LogP contribution in [0.1, 0.15) is 15.9 Å². The minimum absolute atomic E-state index is 0.422. The summed E-state index contributed by atoms with van der Waals surface area (Å²) < 4.78 is 10.4. The molecule has 0 aliphatic heterocycles. The van der Waals surface area contributed by atoms with Crippen LogP contribution in [0.5, 0.6) is 11.5 Å². The summed E-state index contributed by atoms with van der Waals surface area (Å²) in [5.41, 5.74) is 2.13. The van der Waals surface area contributed by atoms with Crippen LogP contribution < -0.4 is 9.47 Å². The standard InChI is InChI=1S/C20H16N2O3/c1-24-18-8-4-16(5-9-18)20(23)25-19-10-6-17(7-11-19)22-14-15-3-2-12-21-13-15/h2-14H,1H3. The third-order valence-electron chi connectivity index (χ3n) is 3.42. The summed E-state index contributed by atoms with van der Waals surface area (Å²) in [5.74, 6) is 0.725. The second kappa shape index (κ2) is 7.88. The summed E-state index contributed by atoms with van der Waals surface area (Å²) in [4.78, 5) is 20.5. The van der Waals surface area contributed by atoms with Gasteiger partial charge in [-0.15, -0.1) is 0 Å². The number of carbonyl (C=O) groups excluding carboxylic acids is 1. The Morgan fingerprint density at radius 2 is 1.72 bits per heavy atom. The molecule has 25 heavy (non-hydrogen) atoms. The van der Waals surface area contributed by atoms with Crippen molar-refractivity contribution < 1.29 is 14.3 Å². The van der Waals surface area contributed by atoms with Gasteiger partial charge >= 0.3 is 5.97 Å². The first-order valence-electron chi connectivity index (χ1n) is 7.65. The zero-order chi connectivity index (χ0) is 17.5. The molecular weight excluding hydrogens is 316 g/mol. The summed E-state index contributed by atoms with van der Waals surface area (Å²) in [5, 5.41) is 0. The Morgan fingerprint density at radius 1 is 1.00 bits per heavy atom. The number of ether oxygens (including phenoxy) is 2. The van der Waals surface area contributed by atoms with Crippen LogP contribution in [0, 0.1) is 0 Å². The van der Waals surface area contributed by atoms with Crippen molar-refractivity contribution >= 4 is 17.9 Å². The highest BCUT2D eigenvalue weighted by Crippen LogP contribution is 2.20. The minimum Gasteiger partial charge on any atom is -0.497 e. The number of esters is 1. The fraction of sp³-hybridized carbons (Fsp3) is 0.0500. The van der Waals surface area contributed by atoms with Crippen LogP contribution in [-0.4, -0.2) is 24.3 Å². The Kier molecular flexibility index (Phi) is 5.16. The number of carbonyl (C=O) groups is 1. The fourth-order valence-corrected chi connectivity index (χ4v) is 2.09. The van der Waals surface area contributed by atoms with Gasteiger partial charge in [0.25, 0.3) is 0 Å². The number of aliphatic imine (C=N–C) groups is 1. The predicted octanol–water partition coefficient (Wildman–Crippen LogP) is 4.06. The van der Waals surface area contributed by atoms with Crippen molar-refractivity contribution in [1.82, 2.24) is 4.98 Å². The quantitative estimate of drug-likeness (QED) is 0.401. The van der Waals surface area contributed by atoms with Crippen LogP contribution in [0.3, 0.4) is 0 Å². The van der Waals surface area contributed by atoms with Crippen molar-refractivity contribution in [2.24, 2.45) is 4.99 Å². The number of aromatic nitrogens is 1. The third kappa shape index (κ3) is 4.51. The van der Waals surface area contributed by atoms with E-state index in [9.17, 15) is 4.79 Å². The van der Waals surface area contributed by atoms with Crippen molar-refractivity contribution in [1.29, 1.82) is 0 Å². The zero-order valence-electron chi connectivity index (χ0n) is 13.6. The van der Waals surface area contributed by atoms with E-state index in [0.29, 0.717) is 17.1 Å². The Balaban J connectivity index is 1.63. The average Bonchev–Trinajstić information content (AvgIpc) is 2.68. The summed E-state index contributed by atoms with van der Waals surface area (Å²) in [6.07, 6.45) is 5.17. The lowest BCUT2D eigenvalue weighted by Gasteiger charge is -2.05. The molecule has 0 unspecified atom stereocenters. The SMILES string of the molecule is COc1ccc(C(=O)Oc2ccc(N=Cc3cccnc3)cc2)cc1. The highest BCUT2D eigenvalue weighted by atomic mass is 16.5. The lowest BCUT2D eigenvalue weighted by atomic mass is 10.2. The van der Waals surface area contributed by atoms with E-state index >= 15 is 0 Å². The highest BCUT2D eigenvalue weighted by molar-refractivity contribution is 5.91. The molecule has 0 atom stereocenters. The van der Waals surface area contributed by atoms with Crippen LogP contribution in [0.4, 0.5) is 5.69 Å². The Hall–Kier alpha value is -3.47. The number of nitrogens with zero attached hydrogens (tertiary/aromatic N) is 2. The van der Waals surface area contributed by atoms with E-state index in [2.05, 4.69) is 9.98 Å². The molecule has 0 fully saturated rings. The maximum atomic E-state index is 12.1. The first-order chi connectivity index (χ1) is 12.2. The number of hydrogen-bond donors (Lipinski definition) is 0. The van der Waals surface area contributed by atoms with E-state index in [4.69, 9.17) is 9.47 Å². The Labute approximate surface area is 145 Å². The van der Waals surface area contributed by atoms with Gasteiger partial charge in [-0.25, -0.2) is 4.79 Å². The number of rotatable bonds is 5. The van der Waals surface area contributed by atoms with Crippen LogP contribution >= 0.6 is 0 Å². The molecule has 124 valence electrons. The lowest BCUT2D eigenvalue weighted by Crippen LogP contribution is -2.08. The molecule has 5 nitrogen and oxygen atoms in total. The number of methoxy groups -OCH3 is 1. The second-order valence-corrected chi connectivity index (χ2v) is 5.16. The van der Waals surface area contributed by atoms with Gasteiger partial charge < -0.3 is 9.47 Å². The van der Waals surface area contributed by atoms with Gasteiger partial charge in [0.2, 0.25) is 0 Å². The summed E-state index contributed by atoms with van der Waals surface area (Å²) in [6, 6.07) is 17.5. The molecule has 1 heterocycles. The van der Waals surface area contributed by atoms with Gasteiger partial charge in [-0.2, -0.15) is 0 Å². The van der Waals surface area contributed by atoms with Gasteiger partial charge in [0.05, 0.1) is 18.4 Å². The summed E-state index contributed by atoms with van der Waals surface area (Å²) in [6.45, 7) is 0. The second-order valence-electron chi connectivity index (χ2n) is 5.16. The van der Waals surface area contributed by atoms with Gasteiger partial charge in [-0.05, 0) is 54.6 Å². The molecule has 0 aliphatic rings. The molecule has 0 saturated carbocycles. The minimum atomic E-state index is -0.422. The first-order valence-corrected chi connectivity index (χ1v) is 7.65. The van der Waals surface area contributed by atoms with Gasteiger partial charge in [0, 0.05) is 24.2 Å². The maximum Gasteiger partial charge on any atom is 0.343 e. The highest BCUT2D eigenvalue weighted by Gasteiger charge is 2.08.